The van der Waals surface area contributed by atoms with Crippen molar-refractivity contribution in [3.63, 3.8) is 0 Å². The first kappa shape index (κ1) is 13.5. The number of hydrogen-bond acceptors (Lipinski definition) is 5. The molecule has 0 aliphatic carbocycles. The Morgan fingerprint density at radius 1 is 1.50 bits per heavy atom. The molecule has 0 bridgehead atoms. The molecule has 1 aromatic heterocycles. The minimum atomic E-state index is -0.299. The molecule has 2 unspecified atom stereocenters. The smallest absolute Gasteiger partial charge is 0.226 e. The van der Waals surface area contributed by atoms with Crippen molar-refractivity contribution in [2.75, 3.05) is 6.54 Å². The molecule has 1 N–H and O–H groups in total. The van der Waals surface area contributed by atoms with Gasteiger partial charge in [0.15, 0.2) is 5.82 Å². The molecule has 2 atom stereocenters. The van der Waals surface area contributed by atoms with Crippen LogP contribution in [0.3, 0.4) is 0 Å². The average Bonchev–Trinajstić information content (AvgIpc) is 2.77. The van der Waals surface area contributed by atoms with Crippen molar-refractivity contribution in [2.24, 2.45) is 0 Å². The van der Waals surface area contributed by atoms with Gasteiger partial charge in [0, 0.05) is 12.5 Å². The number of likely N-dealkylation sites (tertiary alicyclic amines) is 1. The van der Waals surface area contributed by atoms with Gasteiger partial charge in [-0.1, -0.05) is 18.5 Å². The molecular formula is C13H23N3O2. The van der Waals surface area contributed by atoms with Crippen LogP contribution in [-0.4, -0.2) is 38.8 Å². The molecular weight excluding hydrogens is 230 g/mol. The molecule has 102 valence electrons. The SMILES string of the molecule is CCCc1nc(CN2CCCCC2C(C)O)no1. The van der Waals surface area contributed by atoms with Gasteiger partial charge in [0.25, 0.3) is 0 Å². The number of aryl methyl sites for hydroxylation is 1. The predicted octanol–water partition coefficient (Wildman–Crippen LogP) is 1.76. The van der Waals surface area contributed by atoms with Gasteiger partial charge in [-0.25, -0.2) is 0 Å². The predicted molar refractivity (Wildman–Crippen MR) is 68.0 cm³/mol. The maximum atomic E-state index is 9.81. The first-order valence-corrected chi connectivity index (χ1v) is 6.94. The normalized spacial score (nSPS) is 23.2. The van der Waals surface area contributed by atoms with Crippen molar-refractivity contribution in [3.05, 3.63) is 11.7 Å². The lowest BCUT2D eigenvalue weighted by Gasteiger charge is -2.36. The monoisotopic (exact) mass is 253 g/mol. The van der Waals surface area contributed by atoms with Crippen LogP contribution in [0.15, 0.2) is 4.52 Å². The molecule has 2 heterocycles. The third-order valence-corrected chi connectivity index (χ3v) is 3.54. The Balaban J connectivity index is 1.97. The van der Waals surface area contributed by atoms with Gasteiger partial charge < -0.3 is 9.63 Å². The van der Waals surface area contributed by atoms with Crippen molar-refractivity contribution in [1.82, 2.24) is 15.0 Å². The minimum Gasteiger partial charge on any atom is -0.392 e. The second kappa shape index (κ2) is 6.29. The number of aliphatic hydroxyl groups excluding tert-OH is 1. The number of nitrogens with zero attached hydrogens (tertiary/aromatic N) is 3. The van der Waals surface area contributed by atoms with Crippen LogP contribution in [0.5, 0.6) is 0 Å². The molecule has 0 aromatic carbocycles. The third kappa shape index (κ3) is 3.29. The molecule has 0 radical (unpaired) electrons. The maximum Gasteiger partial charge on any atom is 0.226 e. The Hall–Kier alpha value is -0.940. The Labute approximate surface area is 108 Å². The topological polar surface area (TPSA) is 62.4 Å². The van der Waals surface area contributed by atoms with Crippen LogP contribution in [0.4, 0.5) is 0 Å². The van der Waals surface area contributed by atoms with Gasteiger partial charge in [0.1, 0.15) is 0 Å². The van der Waals surface area contributed by atoms with E-state index in [1.165, 1.54) is 12.8 Å². The molecule has 5 heteroatoms. The van der Waals surface area contributed by atoms with E-state index in [1.807, 2.05) is 6.92 Å². The highest BCUT2D eigenvalue weighted by Crippen LogP contribution is 2.21. The van der Waals surface area contributed by atoms with Crippen LogP contribution in [0.2, 0.25) is 0 Å². The lowest BCUT2D eigenvalue weighted by Crippen LogP contribution is -2.45. The van der Waals surface area contributed by atoms with Gasteiger partial charge in [0.05, 0.1) is 12.6 Å². The summed E-state index contributed by atoms with van der Waals surface area (Å²) in [4.78, 5) is 6.66. The standard InChI is InChI=1S/C13H23N3O2/c1-3-6-13-14-12(15-18-13)9-16-8-5-4-7-11(16)10(2)17/h10-11,17H,3-9H2,1-2H3. The molecule has 1 aliphatic heterocycles. The molecule has 1 saturated heterocycles. The molecule has 0 saturated carbocycles. The Morgan fingerprint density at radius 3 is 3.06 bits per heavy atom. The highest BCUT2D eigenvalue weighted by molar-refractivity contribution is 4.90. The van der Waals surface area contributed by atoms with Crippen LogP contribution in [-0.2, 0) is 13.0 Å². The van der Waals surface area contributed by atoms with Crippen LogP contribution >= 0.6 is 0 Å². The second-order valence-corrected chi connectivity index (χ2v) is 5.13. The van der Waals surface area contributed by atoms with E-state index in [4.69, 9.17) is 4.52 Å². The molecule has 1 aliphatic rings. The van der Waals surface area contributed by atoms with Crippen molar-refractivity contribution < 1.29 is 9.63 Å². The zero-order chi connectivity index (χ0) is 13.0. The van der Waals surface area contributed by atoms with E-state index in [1.54, 1.807) is 0 Å². The zero-order valence-corrected chi connectivity index (χ0v) is 11.3. The second-order valence-electron chi connectivity index (χ2n) is 5.13. The van der Waals surface area contributed by atoms with Gasteiger partial charge in [-0.15, -0.1) is 0 Å². The van der Waals surface area contributed by atoms with Gasteiger partial charge in [-0.2, -0.15) is 4.98 Å². The molecule has 1 fully saturated rings. The summed E-state index contributed by atoms with van der Waals surface area (Å²) in [7, 11) is 0. The molecule has 5 nitrogen and oxygen atoms in total. The Kier molecular flexibility index (Phi) is 4.72. The summed E-state index contributed by atoms with van der Waals surface area (Å²) in [5.74, 6) is 1.46. The zero-order valence-electron chi connectivity index (χ0n) is 11.3. The van der Waals surface area contributed by atoms with E-state index in [2.05, 4.69) is 22.0 Å². The summed E-state index contributed by atoms with van der Waals surface area (Å²) < 4.78 is 5.19. The fourth-order valence-electron chi connectivity index (χ4n) is 2.61. The fourth-order valence-corrected chi connectivity index (χ4v) is 2.61. The van der Waals surface area contributed by atoms with E-state index >= 15 is 0 Å². The maximum absolute atomic E-state index is 9.81. The van der Waals surface area contributed by atoms with E-state index in [-0.39, 0.29) is 12.1 Å². The van der Waals surface area contributed by atoms with Crippen LogP contribution < -0.4 is 0 Å². The van der Waals surface area contributed by atoms with Crippen molar-refractivity contribution in [3.8, 4) is 0 Å². The third-order valence-electron chi connectivity index (χ3n) is 3.54. The summed E-state index contributed by atoms with van der Waals surface area (Å²) in [6, 6.07) is 0.229. The first-order chi connectivity index (χ1) is 8.70. The van der Waals surface area contributed by atoms with Crippen LogP contribution in [0, 0.1) is 0 Å². The van der Waals surface area contributed by atoms with Crippen molar-refractivity contribution >= 4 is 0 Å². The molecule has 1 aromatic rings. The molecule has 0 amide bonds. The summed E-state index contributed by atoms with van der Waals surface area (Å²) in [6.45, 7) is 5.65. The number of aliphatic hydroxyl groups is 1. The summed E-state index contributed by atoms with van der Waals surface area (Å²) >= 11 is 0. The summed E-state index contributed by atoms with van der Waals surface area (Å²) in [5, 5.41) is 13.8. The summed E-state index contributed by atoms with van der Waals surface area (Å²) in [5.41, 5.74) is 0. The number of piperidine rings is 1. The van der Waals surface area contributed by atoms with E-state index in [9.17, 15) is 5.11 Å². The molecule has 18 heavy (non-hydrogen) atoms. The quantitative estimate of drug-likeness (QED) is 0.866. The number of hydrogen-bond donors (Lipinski definition) is 1. The fraction of sp³-hybridized carbons (Fsp3) is 0.846. The van der Waals surface area contributed by atoms with E-state index < -0.39 is 0 Å². The average molecular weight is 253 g/mol. The first-order valence-electron chi connectivity index (χ1n) is 6.94. The lowest BCUT2D eigenvalue weighted by molar-refractivity contribution is 0.0298. The highest BCUT2D eigenvalue weighted by Gasteiger charge is 2.27. The molecule has 2 rings (SSSR count). The number of aromatic nitrogens is 2. The van der Waals surface area contributed by atoms with Gasteiger partial charge in [0.2, 0.25) is 5.89 Å². The van der Waals surface area contributed by atoms with Crippen molar-refractivity contribution in [1.29, 1.82) is 0 Å². The molecule has 0 spiro atoms. The Morgan fingerprint density at radius 2 is 2.33 bits per heavy atom. The highest BCUT2D eigenvalue weighted by atomic mass is 16.5. The van der Waals surface area contributed by atoms with Gasteiger partial charge >= 0.3 is 0 Å². The van der Waals surface area contributed by atoms with Gasteiger partial charge in [-0.3, -0.25) is 4.90 Å². The largest absolute Gasteiger partial charge is 0.392 e. The number of rotatable bonds is 5. The minimum absolute atomic E-state index is 0.229. The van der Waals surface area contributed by atoms with Crippen LogP contribution in [0.25, 0.3) is 0 Å². The summed E-state index contributed by atoms with van der Waals surface area (Å²) in [6.07, 6.45) is 4.99. The Bertz CT molecular complexity index is 365. The van der Waals surface area contributed by atoms with E-state index in [0.29, 0.717) is 6.54 Å². The van der Waals surface area contributed by atoms with Crippen molar-refractivity contribution in [2.45, 2.75) is 64.6 Å². The van der Waals surface area contributed by atoms with E-state index in [0.717, 1.165) is 37.5 Å². The van der Waals surface area contributed by atoms with Gasteiger partial charge in [-0.05, 0) is 32.7 Å². The lowest BCUT2D eigenvalue weighted by atomic mass is 9.98. The van der Waals surface area contributed by atoms with Crippen LogP contribution in [0.1, 0.15) is 51.2 Å².